The first-order valence-corrected chi connectivity index (χ1v) is 12.6. The van der Waals surface area contributed by atoms with Crippen molar-refractivity contribution in [2.45, 2.75) is 72.3 Å². The molecule has 1 aromatic rings. The number of likely N-dealkylation sites (tertiary alicyclic amines) is 1. The highest BCUT2D eigenvalue weighted by Gasteiger charge is 2.16. The van der Waals surface area contributed by atoms with Crippen molar-refractivity contribution in [3.8, 4) is 12.8 Å². The number of nitrogens with two attached hydrogens (primary N) is 1. The molecule has 0 aromatic heterocycles. The monoisotopic (exact) mass is 520 g/mol. The minimum Gasteiger partial charge on any atom is -0.445 e. The normalized spacial score (nSPS) is 10.9. The molecule has 0 aliphatic carbocycles. The maximum atomic E-state index is 11.3. The van der Waals surface area contributed by atoms with Crippen LogP contribution in [0.4, 0.5) is 4.79 Å². The minimum atomic E-state index is -0.742. The molecular formula is C28H48N4O5. The van der Waals surface area contributed by atoms with Crippen LogP contribution in [0.3, 0.4) is 0 Å². The van der Waals surface area contributed by atoms with E-state index in [9.17, 15) is 14.4 Å². The number of carbonyl (C=O) groups is 4. The predicted octanol–water partition coefficient (Wildman–Crippen LogP) is 3.86. The molecule has 2 rings (SSSR count). The average molecular weight is 521 g/mol. The topological polar surface area (TPSA) is 131 Å². The van der Waals surface area contributed by atoms with Crippen molar-refractivity contribution in [2.24, 2.45) is 11.7 Å². The van der Waals surface area contributed by atoms with Crippen LogP contribution in [0.5, 0.6) is 0 Å². The molecule has 0 unspecified atom stereocenters. The summed E-state index contributed by atoms with van der Waals surface area (Å²) in [6.45, 7) is 8.60. The van der Waals surface area contributed by atoms with Gasteiger partial charge in [-0.2, -0.15) is 0 Å². The van der Waals surface area contributed by atoms with Crippen LogP contribution in [0.25, 0.3) is 0 Å². The molecule has 1 fully saturated rings. The lowest BCUT2D eigenvalue weighted by Gasteiger charge is -2.14. The van der Waals surface area contributed by atoms with E-state index in [4.69, 9.17) is 10.5 Å². The van der Waals surface area contributed by atoms with Crippen LogP contribution in [0, 0.1) is 18.8 Å². The van der Waals surface area contributed by atoms with Crippen LogP contribution in [0.15, 0.2) is 30.3 Å². The van der Waals surface area contributed by atoms with Gasteiger partial charge in [-0.3, -0.25) is 14.4 Å². The summed E-state index contributed by atoms with van der Waals surface area (Å²) in [6, 6.07) is 9.37. The second kappa shape index (κ2) is 28.7. The highest BCUT2D eigenvalue weighted by Crippen LogP contribution is 2.10. The number of terminal acetylenes is 1. The van der Waals surface area contributed by atoms with Gasteiger partial charge in [0, 0.05) is 40.0 Å². The number of unbranched alkanes of at least 4 members (excludes halogenated alkanes) is 1. The van der Waals surface area contributed by atoms with Crippen molar-refractivity contribution in [1.29, 1.82) is 0 Å². The predicted molar refractivity (Wildman–Crippen MR) is 149 cm³/mol. The van der Waals surface area contributed by atoms with Crippen LogP contribution < -0.4 is 16.4 Å². The first-order chi connectivity index (χ1) is 17.7. The molecule has 4 amide bonds. The molecule has 9 nitrogen and oxygen atoms in total. The molecule has 1 aromatic carbocycles. The Morgan fingerprint density at radius 2 is 1.62 bits per heavy atom. The van der Waals surface area contributed by atoms with Crippen LogP contribution in [0.2, 0.25) is 0 Å². The zero-order valence-corrected chi connectivity index (χ0v) is 23.3. The van der Waals surface area contributed by atoms with Crippen molar-refractivity contribution in [3.05, 3.63) is 35.9 Å². The van der Waals surface area contributed by atoms with Crippen molar-refractivity contribution in [2.75, 3.05) is 27.2 Å². The van der Waals surface area contributed by atoms with Crippen LogP contribution in [0.1, 0.15) is 71.3 Å². The zero-order chi connectivity index (χ0) is 28.9. The van der Waals surface area contributed by atoms with E-state index in [2.05, 4.69) is 49.0 Å². The lowest BCUT2D eigenvalue weighted by atomic mass is 10.1. The Bertz CT molecular complexity index is 718. The largest absolute Gasteiger partial charge is 0.445 e. The number of ether oxygens (including phenoxy) is 1. The van der Waals surface area contributed by atoms with Crippen molar-refractivity contribution in [3.63, 3.8) is 0 Å². The van der Waals surface area contributed by atoms with Gasteiger partial charge in [-0.25, -0.2) is 4.79 Å². The second-order valence-electron chi connectivity index (χ2n) is 8.30. The maximum Gasteiger partial charge on any atom is 0.404 e. The van der Waals surface area contributed by atoms with Crippen LogP contribution in [-0.2, 0) is 25.7 Å². The van der Waals surface area contributed by atoms with Gasteiger partial charge in [-0.15, -0.1) is 12.8 Å². The SMILES string of the molecule is C#C.CCCCC(=O)N1CCCC1.CNC(=O)CCC(C)C.CNC=O.NC(=O)OCc1ccccc1. The number of amides is 4. The Morgan fingerprint density at radius 3 is 2.03 bits per heavy atom. The first-order valence-electron chi connectivity index (χ1n) is 12.6. The fraction of sp³-hybridized carbons (Fsp3) is 0.571. The summed E-state index contributed by atoms with van der Waals surface area (Å²) < 4.78 is 4.57. The standard InChI is InChI=1S/C9H17NO.C8H9NO2.C7H15NO.C2H5NO.C2H2/c1-2-3-6-9(11)10-7-4-5-8-10;9-8(10)11-6-7-4-2-1-3-5-7;1-6(2)4-5-7(9)8-3;1-3-2-4;1-2/h2-8H2,1H3;1-5H,6H2,(H2,9,10);6H,4-5H2,1-3H3,(H,8,9);2H,1H3,(H,3,4);1-2H. The molecule has 1 saturated heterocycles. The average Bonchev–Trinajstić information content (AvgIpc) is 3.47. The van der Waals surface area contributed by atoms with E-state index in [1.165, 1.54) is 12.8 Å². The molecule has 1 heterocycles. The van der Waals surface area contributed by atoms with Gasteiger partial charge in [0.15, 0.2) is 0 Å². The van der Waals surface area contributed by atoms with Gasteiger partial charge in [0.1, 0.15) is 6.61 Å². The molecule has 0 atom stereocenters. The van der Waals surface area contributed by atoms with Crippen molar-refractivity contribution in [1.82, 2.24) is 15.5 Å². The second-order valence-corrected chi connectivity index (χ2v) is 8.30. The Balaban J connectivity index is -0.000000425. The van der Waals surface area contributed by atoms with Gasteiger partial charge >= 0.3 is 6.09 Å². The molecular weight excluding hydrogens is 472 g/mol. The minimum absolute atomic E-state index is 0.142. The molecule has 9 heteroatoms. The number of benzene rings is 1. The third kappa shape index (κ3) is 28.6. The van der Waals surface area contributed by atoms with E-state index in [0.29, 0.717) is 24.7 Å². The Kier molecular flexibility index (Phi) is 29.5. The van der Waals surface area contributed by atoms with Crippen molar-refractivity contribution < 1.29 is 23.9 Å². The smallest absolute Gasteiger partial charge is 0.404 e. The Hall–Kier alpha value is -3.54. The van der Waals surface area contributed by atoms with Crippen LogP contribution >= 0.6 is 0 Å². The van der Waals surface area contributed by atoms with Gasteiger partial charge in [-0.1, -0.05) is 57.5 Å². The quantitative estimate of drug-likeness (QED) is 0.336. The van der Waals surface area contributed by atoms with E-state index >= 15 is 0 Å². The van der Waals surface area contributed by atoms with E-state index in [1.54, 1.807) is 14.1 Å². The number of nitrogens with zero attached hydrogens (tertiary/aromatic N) is 1. The third-order valence-electron chi connectivity index (χ3n) is 4.77. The fourth-order valence-electron chi connectivity index (χ4n) is 2.73. The van der Waals surface area contributed by atoms with Gasteiger partial charge in [0.25, 0.3) is 0 Å². The molecule has 37 heavy (non-hydrogen) atoms. The summed E-state index contributed by atoms with van der Waals surface area (Å²) >= 11 is 0. The molecule has 0 radical (unpaired) electrons. The Morgan fingerprint density at radius 1 is 1.08 bits per heavy atom. The lowest BCUT2D eigenvalue weighted by molar-refractivity contribution is -0.130. The van der Waals surface area contributed by atoms with Gasteiger partial charge in [0.2, 0.25) is 18.2 Å². The zero-order valence-electron chi connectivity index (χ0n) is 23.3. The molecule has 0 saturated carbocycles. The number of hydrogen-bond acceptors (Lipinski definition) is 5. The number of hydrogen-bond donors (Lipinski definition) is 3. The molecule has 210 valence electrons. The number of nitrogens with one attached hydrogen (secondary N) is 2. The summed E-state index contributed by atoms with van der Waals surface area (Å²) in [5.41, 5.74) is 5.72. The van der Waals surface area contributed by atoms with Gasteiger partial charge in [0.05, 0.1) is 0 Å². The van der Waals surface area contributed by atoms with E-state index in [1.807, 2.05) is 35.2 Å². The highest BCUT2D eigenvalue weighted by molar-refractivity contribution is 5.76. The lowest BCUT2D eigenvalue weighted by Crippen LogP contribution is -2.27. The van der Waals surface area contributed by atoms with E-state index < -0.39 is 6.09 Å². The molecule has 4 N–H and O–H groups in total. The summed E-state index contributed by atoms with van der Waals surface area (Å²) in [4.78, 5) is 43.2. The summed E-state index contributed by atoms with van der Waals surface area (Å²) in [5, 5.41) is 4.83. The summed E-state index contributed by atoms with van der Waals surface area (Å²) in [7, 11) is 3.23. The highest BCUT2D eigenvalue weighted by atomic mass is 16.5. The molecule has 0 bridgehead atoms. The first kappa shape index (κ1) is 38.0. The van der Waals surface area contributed by atoms with Crippen molar-refractivity contribution >= 4 is 24.3 Å². The molecule has 1 aliphatic rings. The van der Waals surface area contributed by atoms with E-state index in [-0.39, 0.29) is 12.5 Å². The van der Waals surface area contributed by atoms with E-state index in [0.717, 1.165) is 44.3 Å². The van der Waals surface area contributed by atoms with Gasteiger partial charge < -0.3 is 26.0 Å². The number of primary amides is 1. The molecule has 1 aliphatic heterocycles. The maximum absolute atomic E-state index is 11.3. The summed E-state index contributed by atoms with van der Waals surface area (Å²) in [6.07, 6.45) is 14.9. The fourth-order valence-corrected chi connectivity index (χ4v) is 2.73. The molecule has 0 spiro atoms. The number of carbonyl (C=O) groups excluding carboxylic acids is 4. The van der Waals surface area contributed by atoms with Gasteiger partial charge in [-0.05, 0) is 37.2 Å². The van der Waals surface area contributed by atoms with Crippen LogP contribution in [-0.4, -0.2) is 56.4 Å². The number of rotatable bonds is 9. The summed E-state index contributed by atoms with van der Waals surface area (Å²) in [5.74, 6) is 1.13. The third-order valence-corrected chi connectivity index (χ3v) is 4.77. The Labute approximate surface area is 223 Å².